The molecule has 2 rings (SSSR count). The predicted octanol–water partition coefficient (Wildman–Crippen LogP) is 4.46. The summed E-state index contributed by atoms with van der Waals surface area (Å²) in [4.78, 5) is 2.47. The second-order valence-corrected chi connectivity index (χ2v) is 6.91. The molecule has 1 fully saturated rings. The van der Waals surface area contributed by atoms with Crippen molar-refractivity contribution in [3.63, 3.8) is 0 Å². The topological polar surface area (TPSA) is 15.3 Å². The first kappa shape index (κ1) is 15.7. The maximum Gasteiger partial charge on any atom is 0.0642 e. The van der Waals surface area contributed by atoms with Crippen LogP contribution in [0.25, 0.3) is 0 Å². The summed E-state index contributed by atoms with van der Waals surface area (Å²) in [5.41, 5.74) is 2.45. The lowest BCUT2D eigenvalue weighted by molar-refractivity contribution is 0.390. The van der Waals surface area contributed by atoms with Crippen LogP contribution in [0.1, 0.15) is 46.1 Å². The lowest BCUT2D eigenvalue weighted by atomic mass is 9.94. The summed E-state index contributed by atoms with van der Waals surface area (Å²) in [7, 11) is 0. The van der Waals surface area contributed by atoms with E-state index in [1.807, 2.05) is 0 Å². The lowest BCUT2D eigenvalue weighted by Crippen LogP contribution is -2.41. The number of piperidine rings is 1. The molecule has 112 valence electrons. The summed E-state index contributed by atoms with van der Waals surface area (Å²) in [5, 5.41) is 4.31. The molecular weight excluding hydrogens is 268 g/mol. The van der Waals surface area contributed by atoms with Crippen molar-refractivity contribution in [1.82, 2.24) is 5.32 Å². The number of anilines is 1. The highest BCUT2D eigenvalue weighted by atomic mass is 35.5. The molecule has 1 aromatic carbocycles. The minimum atomic E-state index is 0.497. The van der Waals surface area contributed by atoms with Crippen molar-refractivity contribution in [2.45, 2.75) is 59.2 Å². The van der Waals surface area contributed by atoms with E-state index >= 15 is 0 Å². The number of hydrogen-bond donors (Lipinski definition) is 1. The Labute approximate surface area is 128 Å². The number of halogens is 1. The van der Waals surface area contributed by atoms with Gasteiger partial charge < -0.3 is 10.2 Å². The molecule has 0 amide bonds. The zero-order valence-corrected chi connectivity index (χ0v) is 13.9. The Morgan fingerprint density at radius 3 is 2.70 bits per heavy atom. The van der Waals surface area contributed by atoms with Gasteiger partial charge in [-0.15, -0.1) is 0 Å². The Hall–Kier alpha value is -0.730. The summed E-state index contributed by atoms with van der Waals surface area (Å²) in [6.45, 7) is 10.9. The molecule has 2 nitrogen and oxygen atoms in total. The Bertz CT molecular complexity index is 445. The maximum atomic E-state index is 6.52. The molecule has 1 saturated heterocycles. The van der Waals surface area contributed by atoms with Crippen LogP contribution in [0, 0.1) is 5.92 Å². The van der Waals surface area contributed by atoms with Gasteiger partial charge >= 0.3 is 0 Å². The van der Waals surface area contributed by atoms with Crippen LogP contribution in [0.2, 0.25) is 5.02 Å². The molecule has 0 aliphatic carbocycles. The van der Waals surface area contributed by atoms with Gasteiger partial charge in [-0.2, -0.15) is 0 Å². The SMILES string of the molecule is CC1CCC(C)N(c2ccc(CNC(C)C)cc2Cl)C1. The van der Waals surface area contributed by atoms with Crippen LogP contribution in [0.4, 0.5) is 5.69 Å². The molecule has 0 saturated carbocycles. The van der Waals surface area contributed by atoms with Crippen LogP contribution in [-0.2, 0) is 6.54 Å². The number of rotatable bonds is 4. The molecule has 1 aliphatic heterocycles. The summed E-state index contributed by atoms with van der Waals surface area (Å²) < 4.78 is 0. The van der Waals surface area contributed by atoms with Crippen LogP contribution in [0.5, 0.6) is 0 Å². The summed E-state index contributed by atoms with van der Waals surface area (Å²) >= 11 is 6.52. The van der Waals surface area contributed by atoms with Crippen molar-refractivity contribution in [2.24, 2.45) is 5.92 Å². The fourth-order valence-corrected chi connectivity index (χ4v) is 3.15. The van der Waals surface area contributed by atoms with E-state index in [-0.39, 0.29) is 0 Å². The molecule has 0 spiro atoms. The molecule has 3 heteroatoms. The summed E-state index contributed by atoms with van der Waals surface area (Å²) in [6.07, 6.45) is 2.58. The number of nitrogens with one attached hydrogen (secondary N) is 1. The van der Waals surface area contributed by atoms with E-state index in [1.165, 1.54) is 24.1 Å². The lowest BCUT2D eigenvalue weighted by Gasteiger charge is -2.39. The van der Waals surface area contributed by atoms with E-state index in [1.54, 1.807) is 0 Å². The Morgan fingerprint density at radius 2 is 2.05 bits per heavy atom. The molecule has 20 heavy (non-hydrogen) atoms. The van der Waals surface area contributed by atoms with Crippen molar-refractivity contribution in [3.8, 4) is 0 Å². The molecule has 0 bridgehead atoms. The molecule has 2 unspecified atom stereocenters. The highest BCUT2D eigenvalue weighted by molar-refractivity contribution is 6.33. The normalized spacial score (nSPS) is 23.4. The minimum absolute atomic E-state index is 0.497. The van der Waals surface area contributed by atoms with Crippen molar-refractivity contribution >= 4 is 17.3 Å². The van der Waals surface area contributed by atoms with E-state index in [9.17, 15) is 0 Å². The predicted molar refractivity (Wildman–Crippen MR) is 88.6 cm³/mol. The van der Waals surface area contributed by atoms with Gasteiger partial charge in [0.1, 0.15) is 0 Å². The maximum absolute atomic E-state index is 6.52. The number of nitrogens with zero attached hydrogens (tertiary/aromatic N) is 1. The van der Waals surface area contributed by atoms with Gasteiger partial charge in [-0.05, 0) is 43.4 Å². The Morgan fingerprint density at radius 1 is 1.30 bits per heavy atom. The first-order valence-electron chi connectivity index (χ1n) is 7.75. The smallest absolute Gasteiger partial charge is 0.0642 e. The van der Waals surface area contributed by atoms with Gasteiger partial charge in [0.05, 0.1) is 10.7 Å². The van der Waals surface area contributed by atoms with E-state index in [2.05, 4.69) is 56.1 Å². The van der Waals surface area contributed by atoms with Crippen LogP contribution in [0.15, 0.2) is 18.2 Å². The minimum Gasteiger partial charge on any atom is -0.367 e. The molecule has 1 heterocycles. The van der Waals surface area contributed by atoms with Crippen LogP contribution in [-0.4, -0.2) is 18.6 Å². The van der Waals surface area contributed by atoms with Gasteiger partial charge in [-0.3, -0.25) is 0 Å². The van der Waals surface area contributed by atoms with Crippen LogP contribution < -0.4 is 10.2 Å². The van der Waals surface area contributed by atoms with Gasteiger partial charge in [-0.1, -0.05) is 38.4 Å². The highest BCUT2D eigenvalue weighted by Gasteiger charge is 2.24. The average molecular weight is 295 g/mol. The Kier molecular flexibility index (Phi) is 5.34. The fraction of sp³-hybridized carbons (Fsp3) is 0.647. The highest BCUT2D eigenvalue weighted by Crippen LogP contribution is 2.33. The quantitative estimate of drug-likeness (QED) is 0.882. The van der Waals surface area contributed by atoms with Gasteiger partial charge in [0.2, 0.25) is 0 Å². The zero-order valence-electron chi connectivity index (χ0n) is 13.1. The van der Waals surface area contributed by atoms with Gasteiger partial charge in [0.15, 0.2) is 0 Å². The van der Waals surface area contributed by atoms with E-state index < -0.39 is 0 Å². The van der Waals surface area contributed by atoms with Crippen LogP contribution >= 0.6 is 11.6 Å². The first-order chi connectivity index (χ1) is 9.47. The third kappa shape index (κ3) is 3.89. The Balaban J connectivity index is 2.12. The second-order valence-electron chi connectivity index (χ2n) is 6.51. The molecule has 1 N–H and O–H groups in total. The molecular formula is C17H27ClN2. The van der Waals surface area contributed by atoms with Crippen LogP contribution in [0.3, 0.4) is 0 Å². The number of hydrogen-bond acceptors (Lipinski definition) is 2. The summed E-state index contributed by atoms with van der Waals surface area (Å²) in [6, 6.07) is 7.58. The standard InChI is InChI=1S/C17H27ClN2/c1-12(2)19-10-15-7-8-17(16(18)9-15)20-11-13(3)5-6-14(20)4/h7-9,12-14,19H,5-6,10-11H2,1-4H3. The monoisotopic (exact) mass is 294 g/mol. The fourth-order valence-electron chi connectivity index (χ4n) is 2.84. The van der Waals surface area contributed by atoms with Crippen molar-refractivity contribution < 1.29 is 0 Å². The van der Waals surface area contributed by atoms with E-state index in [0.29, 0.717) is 12.1 Å². The zero-order chi connectivity index (χ0) is 14.7. The average Bonchev–Trinajstić information content (AvgIpc) is 2.39. The second kappa shape index (κ2) is 6.82. The largest absolute Gasteiger partial charge is 0.367 e. The first-order valence-corrected chi connectivity index (χ1v) is 8.13. The van der Waals surface area contributed by atoms with Gasteiger partial charge in [-0.25, -0.2) is 0 Å². The molecule has 1 aliphatic rings. The van der Waals surface area contributed by atoms with Gasteiger partial charge in [0.25, 0.3) is 0 Å². The molecule has 1 aromatic rings. The molecule has 0 aromatic heterocycles. The number of benzene rings is 1. The molecule has 0 radical (unpaired) electrons. The van der Waals surface area contributed by atoms with E-state index in [0.717, 1.165) is 24.0 Å². The van der Waals surface area contributed by atoms with Crippen molar-refractivity contribution in [3.05, 3.63) is 28.8 Å². The summed E-state index contributed by atoms with van der Waals surface area (Å²) in [5.74, 6) is 0.754. The van der Waals surface area contributed by atoms with Gasteiger partial charge in [0, 0.05) is 25.2 Å². The van der Waals surface area contributed by atoms with E-state index in [4.69, 9.17) is 11.6 Å². The third-order valence-corrected chi connectivity index (χ3v) is 4.46. The van der Waals surface area contributed by atoms with Crippen molar-refractivity contribution in [1.29, 1.82) is 0 Å². The van der Waals surface area contributed by atoms with Crippen molar-refractivity contribution in [2.75, 3.05) is 11.4 Å². The molecule has 2 atom stereocenters. The third-order valence-electron chi connectivity index (χ3n) is 4.15.